The van der Waals surface area contributed by atoms with E-state index < -0.39 is 0 Å². The minimum Gasteiger partial charge on any atom is -0.0776 e. The van der Waals surface area contributed by atoms with Gasteiger partial charge in [0.25, 0.3) is 0 Å². The highest BCUT2D eigenvalue weighted by molar-refractivity contribution is 6.51. The summed E-state index contributed by atoms with van der Waals surface area (Å²) in [5.41, 5.74) is 1.36. The number of hydrogen-bond donors (Lipinski definition) is 0. The summed E-state index contributed by atoms with van der Waals surface area (Å²) in [5, 5.41) is 1.56. The van der Waals surface area contributed by atoms with Crippen molar-refractivity contribution in [2.24, 2.45) is 0 Å². The van der Waals surface area contributed by atoms with Crippen molar-refractivity contribution in [3.8, 4) is 0 Å². The van der Waals surface area contributed by atoms with E-state index in [0.29, 0.717) is 0 Å². The highest BCUT2D eigenvalue weighted by Gasteiger charge is 1.85. The second kappa shape index (κ2) is 4.28. The molecule has 0 N–H and O–H groups in total. The minimum absolute atomic E-state index is 0. The first-order valence-electron chi connectivity index (χ1n) is 3.38. The number of benzene rings is 1. The van der Waals surface area contributed by atoms with Crippen molar-refractivity contribution in [1.82, 2.24) is 0 Å². The Bertz CT molecular complexity index is 176. The van der Waals surface area contributed by atoms with Gasteiger partial charge in [0.1, 0.15) is 0 Å². The van der Waals surface area contributed by atoms with Crippen molar-refractivity contribution < 1.29 is 0 Å². The minimum atomic E-state index is 0. The molecule has 1 rings (SSSR count). The normalized spacial score (nSPS) is 9.80. The van der Waals surface area contributed by atoms with Crippen LogP contribution in [0, 0.1) is 6.92 Å². The molecule has 0 aromatic heterocycles. The van der Waals surface area contributed by atoms with Crippen molar-refractivity contribution in [2.75, 3.05) is 0 Å². The summed E-state index contributed by atoms with van der Waals surface area (Å²) in [5.74, 6) is 0. The van der Waals surface area contributed by atoms with Gasteiger partial charge in [-0.05, 0) is 6.92 Å². The van der Waals surface area contributed by atoms with Crippen LogP contribution in [0.15, 0.2) is 24.3 Å². The molecule has 1 aromatic rings. The predicted octanol–water partition coefficient (Wildman–Crippen LogP) is 1.47. The molecule has 0 atom stereocenters. The molecule has 0 aliphatic carbocycles. The Balaban J connectivity index is 0.000000810. The van der Waals surface area contributed by atoms with Gasteiger partial charge in [-0.2, -0.15) is 0 Å². The fourth-order valence-electron chi connectivity index (χ4n) is 0.824. The molecule has 0 aliphatic rings. The van der Waals surface area contributed by atoms with E-state index in [0.717, 1.165) is 0 Å². The van der Waals surface area contributed by atoms with E-state index in [-0.39, 0.29) is 16.9 Å². The highest BCUT2D eigenvalue weighted by Crippen LogP contribution is 1.91. The second-order valence-electron chi connectivity index (χ2n) is 2.34. The second-order valence-corrected chi connectivity index (χ2v) is 3.86. The van der Waals surface area contributed by atoms with Gasteiger partial charge >= 0.3 is 0 Å². The summed E-state index contributed by atoms with van der Waals surface area (Å²) in [4.78, 5) is 0. The molecule has 0 radical (unpaired) electrons. The van der Waals surface area contributed by atoms with E-state index in [2.05, 4.69) is 37.7 Å². The number of rotatable bonds is 1. The molecule has 0 saturated heterocycles. The quantitative estimate of drug-likeness (QED) is 0.535. The van der Waals surface area contributed by atoms with E-state index in [1.807, 2.05) is 0 Å². The van der Waals surface area contributed by atoms with Crippen molar-refractivity contribution >= 4 is 14.7 Å². The summed E-state index contributed by atoms with van der Waals surface area (Å²) < 4.78 is 0. The van der Waals surface area contributed by atoms with Gasteiger partial charge in [-0.25, -0.2) is 0 Å². The zero-order valence-corrected chi connectivity index (χ0v) is 7.43. The van der Waals surface area contributed by atoms with Crippen LogP contribution in [0.3, 0.4) is 0 Å². The largest absolute Gasteiger partial charge is 0.0776 e. The number of hydrogen-bond acceptors (Lipinski definition) is 0. The van der Waals surface area contributed by atoms with Crippen molar-refractivity contribution in [1.29, 1.82) is 0 Å². The van der Waals surface area contributed by atoms with Gasteiger partial charge in [-0.3, -0.25) is 0 Å². The summed E-state index contributed by atoms with van der Waals surface area (Å²) >= 11 is 0. The Morgan fingerprint density at radius 2 is 1.60 bits per heavy atom. The molecule has 0 heterocycles. The van der Waals surface area contributed by atoms with E-state index >= 15 is 0 Å². The van der Waals surface area contributed by atoms with E-state index in [9.17, 15) is 0 Å². The van der Waals surface area contributed by atoms with Crippen LogP contribution in [0.1, 0.15) is 13.0 Å². The zero-order chi connectivity index (χ0) is 6.69. The molecular formula is C9H16Si. The molecule has 0 aliphatic heterocycles. The lowest BCUT2D eigenvalue weighted by molar-refractivity contribution is 1.49. The first-order valence-corrected chi connectivity index (χ1v) is 5.50. The van der Waals surface area contributed by atoms with Crippen LogP contribution in [-0.4, -0.2) is 9.52 Å². The van der Waals surface area contributed by atoms with Crippen LogP contribution in [-0.2, 0) is 0 Å². The first-order chi connectivity index (χ1) is 4.33. The Morgan fingerprint density at radius 3 is 2.00 bits per heavy atom. The van der Waals surface area contributed by atoms with Gasteiger partial charge in [0, 0.05) is 0 Å². The highest BCUT2D eigenvalue weighted by atomic mass is 28.2. The zero-order valence-electron chi connectivity index (χ0n) is 6.02. The van der Waals surface area contributed by atoms with Gasteiger partial charge in [0.2, 0.25) is 0 Å². The molecule has 0 spiro atoms. The van der Waals surface area contributed by atoms with Crippen LogP contribution >= 0.6 is 0 Å². The van der Waals surface area contributed by atoms with Crippen molar-refractivity contribution in [3.63, 3.8) is 0 Å². The first kappa shape index (κ1) is 9.44. The Hall–Kier alpha value is -0.563. The van der Waals surface area contributed by atoms with Gasteiger partial charge in [-0.1, -0.05) is 49.0 Å². The fourth-order valence-corrected chi connectivity index (χ4v) is 1.53. The average molecular weight is 152 g/mol. The molecule has 0 fully saturated rings. The van der Waals surface area contributed by atoms with Gasteiger partial charge in [-0.15, -0.1) is 0 Å². The summed E-state index contributed by atoms with van der Waals surface area (Å²) in [7, 11) is 0.0753. The van der Waals surface area contributed by atoms with E-state index in [4.69, 9.17) is 0 Å². The van der Waals surface area contributed by atoms with Crippen LogP contribution in [0.2, 0.25) is 6.55 Å². The van der Waals surface area contributed by atoms with Gasteiger partial charge in [0.15, 0.2) is 0 Å². The standard InChI is InChI=1S/C8H12Si.CH4/c1-7-3-5-8(9-2)6-4-7;/h3-6H,9H2,1-2H3;1H4. The maximum atomic E-state index is 2.31. The molecule has 1 heteroatoms. The lowest BCUT2D eigenvalue weighted by Gasteiger charge is -1.94. The third-order valence-corrected chi connectivity index (χ3v) is 2.82. The smallest absolute Gasteiger partial charge is 0.0517 e. The number of aryl methyl sites for hydroxylation is 1. The van der Waals surface area contributed by atoms with Crippen molar-refractivity contribution in [3.05, 3.63) is 29.8 Å². The van der Waals surface area contributed by atoms with Crippen LogP contribution in [0.5, 0.6) is 0 Å². The maximum Gasteiger partial charge on any atom is 0.0517 e. The molecular weight excluding hydrogens is 136 g/mol. The Labute approximate surface area is 66.1 Å². The van der Waals surface area contributed by atoms with Crippen molar-refractivity contribution in [2.45, 2.75) is 20.9 Å². The summed E-state index contributed by atoms with van der Waals surface area (Å²) in [6.07, 6.45) is 0. The van der Waals surface area contributed by atoms with Gasteiger partial charge in [0.05, 0.1) is 9.52 Å². The molecule has 56 valence electrons. The van der Waals surface area contributed by atoms with Crippen LogP contribution < -0.4 is 5.19 Å². The van der Waals surface area contributed by atoms with Crippen LogP contribution in [0.25, 0.3) is 0 Å². The molecule has 10 heavy (non-hydrogen) atoms. The molecule has 0 bridgehead atoms. The summed E-state index contributed by atoms with van der Waals surface area (Å²) in [6, 6.07) is 8.85. The SMILES string of the molecule is C.C[SiH2]c1ccc(C)cc1. The molecule has 0 unspecified atom stereocenters. The monoisotopic (exact) mass is 152 g/mol. The van der Waals surface area contributed by atoms with E-state index in [1.165, 1.54) is 5.56 Å². The van der Waals surface area contributed by atoms with E-state index in [1.54, 1.807) is 5.19 Å². The topological polar surface area (TPSA) is 0 Å². The summed E-state index contributed by atoms with van der Waals surface area (Å²) in [6.45, 7) is 4.44. The Morgan fingerprint density at radius 1 is 1.10 bits per heavy atom. The fraction of sp³-hybridized carbons (Fsp3) is 0.333. The predicted molar refractivity (Wildman–Crippen MR) is 52.0 cm³/mol. The van der Waals surface area contributed by atoms with Gasteiger partial charge < -0.3 is 0 Å². The molecule has 0 saturated carbocycles. The molecule has 0 nitrogen and oxygen atoms in total. The maximum absolute atomic E-state index is 2.31. The average Bonchev–Trinajstić information content (AvgIpc) is 1.90. The molecule has 0 amide bonds. The van der Waals surface area contributed by atoms with Crippen LogP contribution in [0.4, 0.5) is 0 Å². The lowest BCUT2D eigenvalue weighted by Crippen LogP contribution is -2.08. The Kier molecular flexibility index (Phi) is 4.04. The third kappa shape index (κ3) is 2.36. The lowest BCUT2D eigenvalue weighted by atomic mass is 10.2. The third-order valence-electron chi connectivity index (χ3n) is 1.53. The molecule has 1 aromatic carbocycles.